The Bertz CT molecular complexity index is 287. The molecular formula is C11H17NO2. The van der Waals surface area contributed by atoms with Crippen molar-refractivity contribution in [3.63, 3.8) is 0 Å². The molecule has 0 aromatic heterocycles. The lowest BCUT2D eigenvalue weighted by atomic mass is 10.1. The monoisotopic (exact) mass is 195 g/mol. The van der Waals surface area contributed by atoms with Crippen molar-refractivity contribution in [3.8, 4) is 5.75 Å². The lowest BCUT2D eigenvalue weighted by Crippen LogP contribution is -2.18. The molecule has 1 rings (SSSR count). The Morgan fingerprint density at radius 3 is 2.86 bits per heavy atom. The van der Waals surface area contributed by atoms with E-state index < -0.39 is 0 Å². The second-order valence-electron chi connectivity index (χ2n) is 3.19. The van der Waals surface area contributed by atoms with Crippen molar-refractivity contribution in [1.82, 2.24) is 5.32 Å². The lowest BCUT2D eigenvalue weighted by molar-refractivity contribution is 0.292. The van der Waals surface area contributed by atoms with Crippen LogP contribution in [0.1, 0.15) is 11.1 Å². The summed E-state index contributed by atoms with van der Waals surface area (Å²) >= 11 is 0. The molecule has 0 heterocycles. The normalized spacial score (nSPS) is 10.2. The number of hydrogen-bond donors (Lipinski definition) is 2. The number of aliphatic hydroxyl groups excluding tert-OH is 1. The molecule has 0 aliphatic rings. The summed E-state index contributed by atoms with van der Waals surface area (Å²) in [5.41, 5.74) is 2.44. The summed E-state index contributed by atoms with van der Waals surface area (Å²) in [6.45, 7) is 3.62. The number of ether oxygens (including phenoxy) is 1. The predicted octanol–water partition coefficient (Wildman–Crippen LogP) is 1.09. The van der Waals surface area contributed by atoms with Crippen LogP contribution in [0.25, 0.3) is 0 Å². The molecule has 1 aromatic carbocycles. The minimum Gasteiger partial charge on any atom is -0.497 e. The Labute approximate surface area is 84.7 Å². The predicted molar refractivity (Wildman–Crippen MR) is 56.5 cm³/mol. The van der Waals surface area contributed by atoms with Crippen LogP contribution in [0.3, 0.4) is 0 Å². The van der Waals surface area contributed by atoms with Crippen LogP contribution in [0.4, 0.5) is 0 Å². The SMILES string of the molecule is COc1ccc(C)c(CNCCO)c1. The van der Waals surface area contributed by atoms with Gasteiger partial charge in [0.15, 0.2) is 0 Å². The van der Waals surface area contributed by atoms with E-state index in [1.165, 1.54) is 11.1 Å². The summed E-state index contributed by atoms with van der Waals surface area (Å²) in [5.74, 6) is 0.872. The Morgan fingerprint density at radius 1 is 1.43 bits per heavy atom. The van der Waals surface area contributed by atoms with Crippen molar-refractivity contribution >= 4 is 0 Å². The van der Waals surface area contributed by atoms with Gasteiger partial charge in [-0.25, -0.2) is 0 Å². The molecule has 78 valence electrons. The fourth-order valence-corrected chi connectivity index (χ4v) is 1.27. The van der Waals surface area contributed by atoms with Gasteiger partial charge in [0.05, 0.1) is 13.7 Å². The van der Waals surface area contributed by atoms with E-state index in [9.17, 15) is 0 Å². The largest absolute Gasteiger partial charge is 0.497 e. The van der Waals surface area contributed by atoms with E-state index in [-0.39, 0.29) is 6.61 Å². The summed E-state index contributed by atoms with van der Waals surface area (Å²) < 4.78 is 5.14. The maximum atomic E-state index is 8.63. The van der Waals surface area contributed by atoms with Gasteiger partial charge in [0.25, 0.3) is 0 Å². The third kappa shape index (κ3) is 3.01. The molecule has 0 fully saturated rings. The summed E-state index contributed by atoms with van der Waals surface area (Å²) in [5, 5.41) is 11.8. The van der Waals surface area contributed by atoms with Crippen LogP contribution in [-0.2, 0) is 6.54 Å². The summed E-state index contributed by atoms with van der Waals surface area (Å²) in [6.07, 6.45) is 0. The zero-order chi connectivity index (χ0) is 10.4. The molecule has 2 N–H and O–H groups in total. The maximum absolute atomic E-state index is 8.63. The van der Waals surface area contributed by atoms with Crippen LogP contribution >= 0.6 is 0 Å². The van der Waals surface area contributed by atoms with Gasteiger partial charge in [0.2, 0.25) is 0 Å². The highest BCUT2D eigenvalue weighted by Crippen LogP contribution is 2.16. The average molecular weight is 195 g/mol. The quantitative estimate of drug-likeness (QED) is 0.691. The van der Waals surface area contributed by atoms with E-state index in [0.717, 1.165) is 12.3 Å². The van der Waals surface area contributed by atoms with E-state index in [1.54, 1.807) is 7.11 Å². The maximum Gasteiger partial charge on any atom is 0.119 e. The second-order valence-corrected chi connectivity index (χ2v) is 3.19. The van der Waals surface area contributed by atoms with Crippen LogP contribution < -0.4 is 10.1 Å². The standard InChI is InChI=1S/C11H17NO2/c1-9-3-4-11(14-2)7-10(9)8-12-5-6-13/h3-4,7,12-13H,5-6,8H2,1-2H3. The first-order valence-electron chi connectivity index (χ1n) is 4.73. The molecule has 3 nitrogen and oxygen atoms in total. The number of rotatable bonds is 5. The zero-order valence-corrected chi connectivity index (χ0v) is 8.71. The summed E-state index contributed by atoms with van der Waals surface area (Å²) in [6, 6.07) is 6.00. The number of aliphatic hydroxyl groups is 1. The van der Waals surface area contributed by atoms with Crippen LogP contribution in [-0.4, -0.2) is 25.4 Å². The minimum atomic E-state index is 0.170. The van der Waals surface area contributed by atoms with Crippen molar-refractivity contribution in [2.45, 2.75) is 13.5 Å². The molecule has 1 aromatic rings. The van der Waals surface area contributed by atoms with Gasteiger partial charge in [-0.2, -0.15) is 0 Å². The topological polar surface area (TPSA) is 41.5 Å². The zero-order valence-electron chi connectivity index (χ0n) is 8.71. The van der Waals surface area contributed by atoms with Gasteiger partial charge in [0.1, 0.15) is 5.75 Å². The second kappa shape index (κ2) is 5.62. The summed E-state index contributed by atoms with van der Waals surface area (Å²) in [7, 11) is 1.66. The van der Waals surface area contributed by atoms with E-state index in [4.69, 9.17) is 9.84 Å². The molecule has 0 saturated carbocycles. The van der Waals surface area contributed by atoms with E-state index >= 15 is 0 Å². The third-order valence-corrected chi connectivity index (χ3v) is 2.16. The number of benzene rings is 1. The van der Waals surface area contributed by atoms with Crippen LogP contribution in [0.5, 0.6) is 5.75 Å². The molecule has 0 saturated heterocycles. The number of nitrogens with one attached hydrogen (secondary N) is 1. The fourth-order valence-electron chi connectivity index (χ4n) is 1.27. The molecule has 0 bridgehead atoms. The molecule has 0 aliphatic carbocycles. The van der Waals surface area contributed by atoms with E-state index in [2.05, 4.69) is 12.2 Å². The molecule has 0 aliphatic heterocycles. The van der Waals surface area contributed by atoms with Crippen molar-refractivity contribution in [1.29, 1.82) is 0 Å². The van der Waals surface area contributed by atoms with Crippen LogP contribution in [0.2, 0.25) is 0 Å². The van der Waals surface area contributed by atoms with Gasteiger partial charge in [-0.15, -0.1) is 0 Å². The molecular weight excluding hydrogens is 178 g/mol. The Kier molecular flexibility index (Phi) is 4.43. The van der Waals surface area contributed by atoms with Crippen molar-refractivity contribution in [2.24, 2.45) is 0 Å². The van der Waals surface area contributed by atoms with Gasteiger partial charge in [-0.3, -0.25) is 0 Å². The molecule has 0 atom stereocenters. The highest BCUT2D eigenvalue weighted by Gasteiger charge is 1.99. The minimum absolute atomic E-state index is 0.170. The highest BCUT2D eigenvalue weighted by molar-refractivity contribution is 5.34. The summed E-state index contributed by atoms with van der Waals surface area (Å²) in [4.78, 5) is 0. The number of methoxy groups -OCH3 is 1. The molecule has 14 heavy (non-hydrogen) atoms. The van der Waals surface area contributed by atoms with Gasteiger partial charge < -0.3 is 15.2 Å². The lowest BCUT2D eigenvalue weighted by Gasteiger charge is -2.08. The highest BCUT2D eigenvalue weighted by atomic mass is 16.5. The van der Waals surface area contributed by atoms with Crippen molar-refractivity contribution in [3.05, 3.63) is 29.3 Å². The van der Waals surface area contributed by atoms with E-state index in [1.807, 2.05) is 18.2 Å². The Morgan fingerprint density at radius 2 is 2.21 bits per heavy atom. The number of hydrogen-bond acceptors (Lipinski definition) is 3. The first kappa shape index (κ1) is 11.0. The molecule has 0 radical (unpaired) electrons. The molecule has 0 spiro atoms. The van der Waals surface area contributed by atoms with Crippen LogP contribution in [0, 0.1) is 6.92 Å². The van der Waals surface area contributed by atoms with Crippen molar-refractivity contribution in [2.75, 3.05) is 20.3 Å². The van der Waals surface area contributed by atoms with Crippen LogP contribution in [0.15, 0.2) is 18.2 Å². The van der Waals surface area contributed by atoms with Gasteiger partial charge >= 0.3 is 0 Å². The fraction of sp³-hybridized carbons (Fsp3) is 0.455. The van der Waals surface area contributed by atoms with Gasteiger partial charge in [-0.1, -0.05) is 6.07 Å². The first-order valence-corrected chi connectivity index (χ1v) is 4.73. The average Bonchev–Trinajstić information content (AvgIpc) is 2.21. The van der Waals surface area contributed by atoms with Gasteiger partial charge in [-0.05, 0) is 30.2 Å². The molecule has 0 unspecified atom stereocenters. The van der Waals surface area contributed by atoms with Gasteiger partial charge in [0, 0.05) is 13.1 Å². The van der Waals surface area contributed by atoms with Crippen molar-refractivity contribution < 1.29 is 9.84 Å². The van der Waals surface area contributed by atoms with E-state index in [0.29, 0.717) is 6.54 Å². The first-order chi connectivity index (χ1) is 6.77. The Balaban J connectivity index is 2.64. The number of aryl methyl sites for hydroxylation is 1. The molecule has 0 amide bonds. The smallest absolute Gasteiger partial charge is 0.119 e. The molecule has 3 heteroatoms. The Hall–Kier alpha value is -1.06. The third-order valence-electron chi connectivity index (χ3n) is 2.16.